The van der Waals surface area contributed by atoms with Crippen LogP contribution in [0.1, 0.15) is 25.0 Å². The van der Waals surface area contributed by atoms with E-state index in [2.05, 4.69) is 184 Å². The van der Waals surface area contributed by atoms with Crippen LogP contribution in [0.15, 0.2) is 170 Å². The van der Waals surface area contributed by atoms with Gasteiger partial charge in [0.2, 0.25) is 0 Å². The van der Waals surface area contributed by atoms with Crippen molar-refractivity contribution in [3.8, 4) is 44.5 Å². The van der Waals surface area contributed by atoms with E-state index >= 15 is 0 Å². The van der Waals surface area contributed by atoms with Crippen molar-refractivity contribution in [2.45, 2.75) is 19.3 Å². The molecule has 246 valence electrons. The number of fused-ring (bicyclic) bond motifs is 3. The van der Waals surface area contributed by atoms with Gasteiger partial charge in [0, 0.05) is 5.41 Å². The average Bonchev–Trinajstić information content (AvgIpc) is 3.43. The summed E-state index contributed by atoms with van der Waals surface area (Å²) in [5.41, 5.74) is 13.0. The summed E-state index contributed by atoms with van der Waals surface area (Å²) < 4.78 is 0. The van der Waals surface area contributed by atoms with Crippen LogP contribution in [0.5, 0.6) is 0 Å². The summed E-state index contributed by atoms with van der Waals surface area (Å²) in [5.74, 6) is 0. The first-order valence-electron chi connectivity index (χ1n) is 18.7. The molecule has 0 aliphatic heterocycles. The molecule has 0 heterocycles. The monoisotopic (exact) mass is 670 g/mol. The second-order valence-electron chi connectivity index (χ2n) is 15.7. The van der Waals surface area contributed by atoms with Gasteiger partial charge in [-0.3, -0.25) is 0 Å². The van der Waals surface area contributed by atoms with Crippen molar-refractivity contribution in [2.24, 2.45) is 0 Å². The molecule has 0 fully saturated rings. The molecule has 1 aliphatic rings. The Kier molecular flexibility index (Phi) is 5.66. The van der Waals surface area contributed by atoms with E-state index in [9.17, 15) is 0 Å². The number of hydrogen-bond donors (Lipinski definition) is 0. The van der Waals surface area contributed by atoms with Crippen LogP contribution in [0.3, 0.4) is 0 Å². The molecule has 1 aliphatic carbocycles. The minimum atomic E-state index is -0.123. The van der Waals surface area contributed by atoms with Crippen LogP contribution < -0.4 is 0 Å². The van der Waals surface area contributed by atoms with Crippen LogP contribution in [0, 0.1) is 0 Å². The van der Waals surface area contributed by atoms with Crippen LogP contribution in [0.4, 0.5) is 0 Å². The summed E-state index contributed by atoms with van der Waals surface area (Å²) in [6, 6.07) is 64.2. The third kappa shape index (κ3) is 3.96. The molecule has 0 amide bonds. The molecule has 0 saturated carbocycles. The molecule has 0 saturated heterocycles. The van der Waals surface area contributed by atoms with E-state index < -0.39 is 0 Å². The van der Waals surface area contributed by atoms with E-state index in [0.29, 0.717) is 0 Å². The Morgan fingerprint density at radius 3 is 1.17 bits per heavy atom. The van der Waals surface area contributed by atoms with Crippen LogP contribution in [0.25, 0.3) is 109 Å². The zero-order valence-corrected chi connectivity index (χ0v) is 29.7. The predicted molar refractivity (Wildman–Crippen MR) is 228 cm³/mol. The molecule has 0 radical (unpaired) electrons. The maximum absolute atomic E-state index is 2.46. The molecular formula is C53H34. The topological polar surface area (TPSA) is 0 Å². The minimum Gasteiger partial charge on any atom is -0.0610 e. The lowest BCUT2D eigenvalue weighted by Crippen LogP contribution is -2.15. The molecule has 0 heteroatoms. The Bertz CT molecular complexity index is 3250. The molecular weight excluding hydrogens is 637 g/mol. The quantitative estimate of drug-likeness (QED) is 0.164. The first-order chi connectivity index (χ1) is 26.0. The van der Waals surface area contributed by atoms with E-state index in [1.807, 2.05) is 0 Å². The van der Waals surface area contributed by atoms with Gasteiger partial charge in [-0.2, -0.15) is 0 Å². The summed E-state index contributed by atoms with van der Waals surface area (Å²) in [6.07, 6.45) is 0. The zero-order valence-electron chi connectivity index (χ0n) is 29.7. The average molecular weight is 671 g/mol. The first-order valence-corrected chi connectivity index (χ1v) is 18.7. The third-order valence-electron chi connectivity index (χ3n) is 12.6. The van der Waals surface area contributed by atoms with Crippen molar-refractivity contribution in [2.75, 3.05) is 0 Å². The molecule has 0 N–H and O–H groups in total. The smallest absolute Gasteiger partial charge is 0.0159 e. The molecule has 0 aromatic heterocycles. The van der Waals surface area contributed by atoms with Crippen molar-refractivity contribution in [3.63, 3.8) is 0 Å². The van der Waals surface area contributed by atoms with Crippen molar-refractivity contribution < 1.29 is 0 Å². The predicted octanol–water partition coefficient (Wildman–Crippen LogP) is 14.8. The van der Waals surface area contributed by atoms with Gasteiger partial charge in [0.05, 0.1) is 0 Å². The van der Waals surface area contributed by atoms with E-state index in [0.717, 1.165) is 0 Å². The van der Waals surface area contributed by atoms with Crippen LogP contribution >= 0.6 is 0 Å². The Morgan fingerprint density at radius 1 is 0.283 bits per heavy atom. The summed E-state index contributed by atoms with van der Waals surface area (Å²) in [7, 11) is 0. The second kappa shape index (κ2) is 10.3. The summed E-state index contributed by atoms with van der Waals surface area (Å²) in [6.45, 7) is 4.79. The summed E-state index contributed by atoms with van der Waals surface area (Å²) >= 11 is 0. The van der Waals surface area contributed by atoms with Gasteiger partial charge >= 0.3 is 0 Å². The lowest BCUT2D eigenvalue weighted by Gasteiger charge is -2.23. The molecule has 0 unspecified atom stereocenters. The van der Waals surface area contributed by atoms with E-state index in [1.54, 1.807) is 0 Å². The van der Waals surface area contributed by atoms with E-state index in [1.165, 1.54) is 120 Å². The molecule has 11 aromatic rings. The van der Waals surface area contributed by atoms with Gasteiger partial charge in [-0.25, -0.2) is 0 Å². The highest BCUT2D eigenvalue weighted by Crippen LogP contribution is 2.51. The van der Waals surface area contributed by atoms with Crippen molar-refractivity contribution in [3.05, 3.63) is 181 Å². The van der Waals surface area contributed by atoms with Crippen LogP contribution in [-0.2, 0) is 5.41 Å². The fourth-order valence-corrected chi connectivity index (χ4v) is 9.90. The molecule has 12 rings (SSSR count). The highest BCUT2D eigenvalue weighted by molar-refractivity contribution is 6.26. The zero-order chi connectivity index (χ0) is 35.0. The van der Waals surface area contributed by atoms with Crippen LogP contribution in [-0.4, -0.2) is 0 Å². The Morgan fingerprint density at radius 2 is 0.642 bits per heavy atom. The minimum absolute atomic E-state index is 0.123. The Balaban J connectivity index is 0.921. The summed E-state index contributed by atoms with van der Waals surface area (Å²) in [5, 5.41) is 15.9. The molecule has 0 atom stereocenters. The standard InChI is InChI=1S/C53H34/c1-53(2)47-29-39(31-9-11-32(12-10-31)41-23-17-37-15-13-33-5-3-7-35-19-27-45(41)51(37)49(33)35)21-25-43(47)44-26-22-40(30-48(44)53)42-24-18-38-16-14-34-6-4-8-36-20-28-46(42)52(38)50(34)36/h3-30H,1-2H3. The van der Waals surface area contributed by atoms with Gasteiger partial charge in [0.15, 0.2) is 0 Å². The SMILES string of the molecule is CC1(C)c2cc(-c3ccc(-c4ccc5ccc6cccc7ccc4c5c67)cc3)ccc2-c2ccc(-c3ccc4ccc5cccc6ccc3c4c56)cc21. The molecule has 0 spiro atoms. The van der Waals surface area contributed by atoms with Gasteiger partial charge < -0.3 is 0 Å². The van der Waals surface area contributed by atoms with Gasteiger partial charge in [-0.05, 0) is 132 Å². The van der Waals surface area contributed by atoms with Gasteiger partial charge in [0.25, 0.3) is 0 Å². The fourth-order valence-electron chi connectivity index (χ4n) is 9.90. The third-order valence-corrected chi connectivity index (χ3v) is 12.6. The summed E-state index contributed by atoms with van der Waals surface area (Å²) in [4.78, 5) is 0. The van der Waals surface area contributed by atoms with Crippen molar-refractivity contribution in [1.82, 2.24) is 0 Å². The maximum atomic E-state index is 2.46. The maximum Gasteiger partial charge on any atom is 0.0159 e. The highest BCUT2D eigenvalue weighted by atomic mass is 14.4. The van der Waals surface area contributed by atoms with Crippen LogP contribution in [0.2, 0.25) is 0 Å². The van der Waals surface area contributed by atoms with Gasteiger partial charge in [-0.1, -0.05) is 172 Å². The largest absolute Gasteiger partial charge is 0.0610 e. The number of rotatable bonds is 3. The van der Waals surface area contributed by atoms with Crippen molar-refractivity contribution >= 4 is 64.6 Å². The molecule has 0 bridgehead atoms. The number of benzene rings is 11. The molecule has 53 heavy (non-hydrogen) atoms. The Labute approximate surface area is 308 Å². The highest BCUT2D eigenvalue weighted by Gasteiger charge is 2.36. The number of hydrogen-bond acceptors (Lipinski definition) is 0. The van der Waals surface area contributed by atoms with E-state index in [-0.39, 0.29) is 5.41 Å². The van der Waals surface area contributed by atoms with Gasteiger partial charge in [-0.15, -0.1) is 0 Å². The molecule has 0 nitrogen and oxygen atoms in total. The van der Waals surface area contributed by atoms with E-state index in [4.69, 9.17) is 0 Å². The lowest BCUT2D eigenvalue weighted by molar-refractivity contribution is 0.661. The second-order valence-corrected chi connectivity index (χ2v) is 15.7. The molecule has 11 aromatic carbocycles. The first kappa shape index (κ1) is 29.1. The lowest BCUT2D eigenvalue weighted by atomic mass is 9.80. The Hall–Kier alpha value is -6.50. The van der Waals surface area contributed by atoms with Gasteiger partial charge in [0.1, 0.15) is 0 Å². The van der Waals surface area contributed by atoms with Crippen molar-refractivity contribution in [1.29, 1.82) is 0 Å². The fraction of sp³-hybridized carbons (Fsp3) is 0.0566. The normalized spacial score (nSPS) is 13.6.